The number of para-hydroxylation sites is 1. The van der Waals surface area contributed by atoms with Crippen LogP contribution in [0.2, 0.25) is 0 Å². The number of hydrogen-bond acceptors (Lipinski definition) is 8. The normalized spacial score (nSPS) is 23.5. The lowest BCUT2D eigenvalue weighted by Gasteiger charge is -2.27. The SMILES string of the molecule is CCOC(=O)CSC1=N[C@H]2CS(=O)(=O)C[C@@H]2N1Cc1ccccc1OC. The van der Waals surface area contributed by atoms with Crippen LogP contribution in [0, 0.1) is 0 Å². The topological polar surface area (TPSA) is 85.3 Å². The van der Waals surface area contributed by atoms with Crippen molar-refractivity contribution in [2.75, 3.05) is 31.0 Å². The first-order chi connectivity index (χ1) is 12.4. The molecule has 7 nitrogen and oxygen atoms in total. The molecule has 1 aromatic carbocycles. The van der Waals surface area contributed by atoms with E-state index in [2.05, 4.69) is 4.99 Å². The van der Waals surface area contributed by atoms with E-state index in [0.29, 0.717) is 18.3 Å². The molecule has 0 aliphatic carbocycles. The van der Waals surface area contributed by atoms with Crippen molar-refractivity contribution in [3.8, 4) is 5.75 Å². The summed E-state index contributed by atoms with van der Waals surface area (Å²) in [6.07, 6.45) is 0. The zero-order valence-electron chi connectivity index (χ0n) is 14.8. The molecule has 0 saturated carbocycles. The van der Waals surface area contributed by atoms with Crippen LogP contribution in [0.4, 0.5) is 0 Å². The third kappa shape index (κ3) is 4.15. The fraction of sp³-hybridized carbons (Fsp3) is 0.529. The highest BCUT2D eigenvalue weighted by molar-refractivity contribution is 8.14. The number of ether oxygens (including phenoxy) is 2. The lowest BCUT2D eigenvalue weighted by atomic mass is 10.1. The number of hydrogen-bond donors (Lipinski definition) is 0. The number of sulfone groups is 1. The number of amidine groups is 1. The fourth-order valence-electron chi connectivity index (χ4n) is 3.24. The number of carbonyl (C=O) groups is 1. The van der Waals surface area contributed by atoms with Gasteiger partial charge < -0.3 is 14.4 Å². The highest BCUT2D eigenvalue weighted by atomic mass is 32.2. The van der Waals surface area contributed by atoms with Gasteiger partial charge in [-0.2, -0.15) is 0 Å². The van der Waals surface area contributed by atoms with E-state index in [4.69, 9.17) is 9.47 Å². The van der Waals surface area contributed by atoms with Crippen LogP contribution in [0.5, 0.6) is 5.75 Å². The van der Waals surface area contributed by atoms with Gasteiger partial charge in [-0.1, -0.05) is 30.0 Å². The Balaban J connectivity index is 1.80. The maximum atomic E-state index is 12.0. The number of aliphatic imine (C=N–C) groups is 1. The summed E-state index contributed by atoms with van der Waals surface area (Å²) >= 11 is 1.30. The maximum absolute atomic E-state index is 12.0. The highest BCUT2D eigenvalue weighted by Gasteiger charge is 2.46. The van der Waals surface area contributed by atoms with Crippen LogP contribution in [-0.4, -0.2) is 67.5 Å². The zero-order valence-corrected chi connectivity index (χ0v) is 16.4. The van der Waals surface area contributed by atoms with Crippen LogP contribution in [0.1, 0.15) is 12.5 Å². The first-order valence-electron chi connectivity index (χ1n) is 8.38. The molecule has 142 valence electrons. The van der Waals surface area contributed by atoms with Gasteiger partial charge in [0.2, 0.25) is 0 Å². The number of nitrogens with zero attached hydrogens (tertiary/aromatic N) is 2. The molecule has 2 aliphatic heterocycles. The van der Waals surface area contributed by atoms with E-state index < -0.39 is 9.84 Å². The van der Waals surface area contributed by atoms with Crippen LogP contribution in [0.15, 0.2) is 29.3 Å². The van der Waals surface area contributed by atoms with Gasteiger partial charge in [-0.3, -0.25) is 9.79 Å². The number of methoxy groups -OCH3 is 1. The second kappa shape index (κ2) is 7.87. The molecule has 0 spiro atoms. The minimum Gasteiger partial charge on any atom is -0.496 e. The van der Waals surface area contributed by atoms with E-state index in [1.165, 1.54) is 11.8 Å². The monoisotopic (exact) mass is 398 g/mol. The van der Waals surface area contributed by atoms with Crippen LogP contribution in [-0.2, 0) is 25.9 Å². The van der Waals surface area contributed by atoms with Gasteiger partial charge in [-0.05, 0) is 13.0 Å². The molecule has 0 amide bonds. The van der Waals surface area contributed by atoms with Crippen LogP contribution in [0.25, 0.3) is 0 Å². The summed E-state index contributed by atoms with van der Waals surface area (Å²) in [7, 11) is -1.48. The lowest BCUT2D eigenvalue weighted by Crippen LogP contribution is -2.38. The Kier molecular flexibility index (Phi) is 5.76. The predicted molar refractivity (Wildman–Crippen MR) is 101 cm³/mol. The van der Waals surface area contributed by atoms with Crippen molar-refractivity contribution in [2.45, 2.75) is 25.6 Å². The molecule has 0 N–H and O–H groups in total. The summed E-state index contributed by atoms with van der Waals surface area (Å²) in [6.45, 7) is 2.58. The fourth-order valence-corrected chi connectivity index (χ4v) is 6.02. The maximum Gasteiger partial charge on any atom is 0.316 e. The summed E-state index contributed by atoms with van der Waals surface area (Å²) in [4.78, 5) is 18.3. The molecular weight excluding hydrogens is 376 g/mol. The molecule has 3 rings (SSSR count). The molecule has 9 heteroatoms. The van der Waals surface area contributed by atoms with E-state index >= 15 is 0 Å². The second-order valence-electron chi connectivity index (χ2n) is 6.16. The number of thioether (sulfide) groups is 1. The molecular formula is C17H22N2O5S2. The third-order valence-corrected chi connectivity index (χ3v) is 7.05. The van der Waals surface area contributed by atoms with E-state index in [1.54, 1.807) is 14.0 Å². The predicted octanol–water partition coefficient (Wildman–Crippen LogP) is 1.33. The van der Waals surface area contributed by atoms with Crippen molar-refractivity contribution in [1.29, 1.82) is 0 Å². The van der Waals surface area contributed by atoms with Crippen molar-refractivity contribution in [2.24, 2.45) is 4.99 Å². The summed E-state index contributed by atoms with van der Waals surface area (Å²) in [5, 5.41) is 0.689. The highest BCUT2D eigenvalue weighted by Crippen LogP contribution is 2.33. The first-order valence-corrected chi connectivity index (χ1v) is 11.2. The Morgan fingerprint density at radius 3 is 2.85 bits per heavy atom. The van der Waals surface area contributed by atoms with E-state index in [9.17, 15) is 13.2 Å². The standard InChI is InChI=1S/C17H22N2O5S2/c1-3-24-16(20)9-25-17-18-13-10-26(21,22)11-14(13)19(17)8-12-6-4-5-7-15(12)23-2/h4-7,13-14H,3,8-11H2,1-2H3/t13-,14-/m0/s1. The Hall–Kier alpha value is -1.74. The van der Waals surface area contributed by atoms with Crippen molar-refractivity contribution in [3.63, 3.8) is 0 Å². The molecule has 1 fully saturated rings. The van der Waals surface area contributed by atoms with Gasteiger partial charge in [0.1, 0.15) is 5.75 Å². The van der Waals surface area contributed by atoms with Gasteiger partial charge in [-0.15, -0.1) is 0 Å². The molecule has 0 aromatic heterocycles. The number of fused-ring (bicyclic) bond motifs is 1. The minimum absolute atomic E-state index is 0.0591. The smallest absolute Gasteiger partial charge is 0.316 e. The van der Waals surface area contributed by atoms with Crippen LogP contribution in [0.3, 0.4) is 0 Å². The molecule has 0 bridgehead atoms. The van der Waals surface area contributed by atoms with Gasteiger partial charge in [0.25, 0.3) is 0 Å². The van der Waals surface area contributed by atoms with Gasteiger partial charge in [-0.25, -0.2) is 8.42 Å². The molecule has 1 saturated heterocycles. The van der Waals surface area contributed by atoms with Gasteiger partial charge in [0.15, 0.2) is 15.0 Å². The summed E-state index contributed by atoms with van der Waals surface area (Å²) in [5.41, 5.74) is 0.949. The number of rotatable bonds is 6. The Morgan fingerprint density at radius 2 is 2.12 bits per heavy atom. The molecule has 26 heavy (non-hydrogen) atoms. The molecule has 2 atom stereocenters. The molecule has 2 aliphatic rings. The second-order valence-corrected chi connectivity index (χ2v) is 9.25. The average molecular weight is 399 g/mol. The van der Waals surface area contributed by atoms with Gasteiger partial charge >= 0.3 is 5.97 Å². The Bertz CT molecular complexity index is 809. The Morgan fingerprint density at radius 1 is 1.35 bits per heavy atom. The molecule has 0 unspecified atom stereocenters. The largest absolute Gasteiger partial charge is 0.496 e. The number of carbonyl (C=O) groups excluding carboxylic acids is 1. The van der Waals surface area contributed by atoms with Crippen LogP contribution < -0.4 is 4.74 Å². The van der Waals surface area contributed by atoms with Gasteiger partial charge in [0, 0.05) is 12.1 Å². The van der Waals surface area contributed by atoms with E-state index in [1.807, 2.05) is 29.2 Å². The lowest BCUT2D eigenvalue weighted by molar-refractivity contribution is -0.139. The zero-order chi connectivity index (χ0) is 18.7. The molecule has 0 radical (unpaired) electrons. The third-order valence-electron chi connectivity index (χ3n) is 4.37. The van der Waals surface area contributed by atoms with Gasteiger partial charge in [0.05, 0.1) is 43.1 Å². The van der Waals surface area contributed by atoms with Crippen LogP contribution >= 0.6 is 11.8 Å². The Labute approximate surface area is 157 Å². The quantitative estimate of drug-likeness (QED) is 0.668. The van der Waals surface area contributed by atoms with Crippen molar-refractivity contribution in [3.05, 3.63) is 29.8 Å². The summed E-state index contributed by atoms with van der Waals surface area (Å²) in [6, 6.07) is 7.15. The van der Waals surface area contributed by atoms with E-state index in [-0.39, 0.29) is 35.3 Å². The van der Waals surface area contributed by atoms with Crippen molar-refractivity contribution >= 4 is 32.7 Å². The van der Waals surface area contributed by atoms with Crippen molar-refractivity contribution in [1.82, 2.24) is 4.90 Å². The average Bonchev–Trinajstić information content (AvgIpc) is 3.06. The van der Waals surface area contributed by atoms with Crippen molar-refractivity contribution < 1.29 is 22.7 Å². The first kappa shape index (κ1) is 19.0. The molecule has 2 heterocycles. The number of benzene rings is 1. The minimum atomic E-state index is -3.09. The number of esters is 1. The summed E-state index contributed by atoms with van der Waals surface area (Å²) < 4.78 is 34.4. The molecule has 1 aromatic rings. The van der Waals surface area contributed by atoms with E-state index in [0.717, 1.165) is 11.3 Å². The summed E-state index contributed by atoms with van der Waals surface area (Å²) in [5.74, 6) is 0.735.